The summed E-state index contributed by atoms with van der Waals surface area (Å²) in [6, 6.07) is 14.1. The Kier molecular flexibility index (Phi) is 12.6. The van der Waals surface area contributed by atoms with Crippen molar-refractivity contribution in [2.45, 2.75) is 61.1 Å². The fourth-order valence-electron chi connectivity index (χ4n) is 5.80. The van der Waals surface area contributed by atoms with Crippen LogP contribution in [0.4, 0.5) is 11.6 Å². The van der Waals surface area contributed by atoms with Gasteiger partial charge >= 0.3 is 0 Å². The number of benzene rings is 2. The first kappa shape index (κ1) is 38.2. The Hall–Kier alpha value is -5.26. The van der Waals surface area contributed by atoms with E-state index in [1.54, 1.807) is 42.2 Å². The van der Waals surface area contributed by atoms with Crippen molar-refractivity contribution in [1.29, 1.82) is 0 Å². The van der Waals surface area contributed by atoms with Crippen molar-refractivity contribution in [3.8, 4) is 34.3 Å². The Labute approximate surface area is 290 Å². The normalized spacial score (nSPS) is 13.0. The van der Waals surface area contributed by atoms with E-state index in [-0.39, 0.29) is 38.2 Å². The molecule has 2 amide bonds. The molecule has 0 spiro atoms. The zero-order valence-electron chi connectivity index (χ0n) is 27.9. The molecule has 12 heteroatoms. The number of aromatic nitrogens is 4. The molecule has 262 valence electrons. The van der Waals surface area contributed by atoms with Gasteiger partial charge in [-0.05, 0) is 24.3 Å². The van der Waals surface area contributed by atoms with Crippen LogP contribution in [0.3, 0.4) is 0 Å². The second-order valence-corrected chi connectivity index (χ2v) is 12.0. The van der Waals surface area contributed by atoms with Gasteiger partial charge in [0.25, 0.3) is 0 Å². The largest absolute Gasteiger partial charge is 0.507 e. The number of carbonyl (C=O) groups is 2. The summed E-state index contributed by atoms with van der Waals surface area (Å²) in [4.78, 5) is 49.8. The van der Waals surface area contributed by atoms with Gasteiger partial charge in [-0.15, -0.1) is 0 Å². The highest BCUT2D eigenvalue weighted by Crippen LogP contribution is 2.33. The van der Waals surface area contributed by atoms with Crippen molar-refractivity contribution >= 4 is 23.5 Å². The summed E-state index contributed by atoms with van der Waals surface area (Å²) in [6.45, 7) is 5.85. The predicted octanol–water partition coefficient (Wildman–Crippen LogP) is 5.30. The van der Waals surface area contributed by atoms with Crippen molar-refractivity contribution in [3.63, 3.8) is 0 Å². The predicted molar refractivity (Wildman–Crippen MR) is 195 cm³/mol. The van der Waals surface area contributed by atoms with Gasteiger partial charge < -0.3 is 29.8 Å². The van der Waals surface area contributed by atoms with E-state index in [9.17, 15) is 19.8 Å². The summed E-state index contributed by atoms with van der Waals surface area (Å²) in [5.41, 5.74) is 5.11. The monoisotopic (exact) mass is 670 g/mol. The lowest BCUT2D eigenvalue weighted by Crippen LogP contribution is -2.37. The molecular formula is C37H50N8O4. The molecule has 2 aromatic heterocycles. The number of nitrogens with zero attached hydrogens (tertiary/aromatic N) is 8. The molecule has 0 unspecified atom stereocenters. The molecule has 4 heterocycles. The number of rotatable bonds is 5. The average Bonchev–Trinajstić information content (AvgIpc) is 3.07. The number of aromatic hydroxyl groups is 2. The third kappa shape index (κ3) is 8.25. The lowest BCUT2D eigenvalue weighted by Gasteiger charge is -2.31. The molecule has 2 aromatic carbocycles. The van der Waals surface area contributed by atoms with Gasteiger partial charge in [-0.3, -0.25) is 9.59 Å². The zero-order chi connectivity index (χ0) is 33.8. The van der Waals surface area contributed by atoms with Crippen molar-refractivity contribution in [2.24, 2.45) is 0 Å². The highest BCUT2D eigenvalue weighted by molar-refractivity contribution is 5.77. The van der Waals surface area contributed by atoms with E-state index in [4.69, 9.17) is 0 Å². The SMILES string of the molecule is C.C.CC(=O)N1CCc2nc(-c3ccccc3O)nc(N(C)C)c2C1.CCC(=O)N1CCc2nc(-c3ccccc3O)nc(N(C)C)c2C1. The van der Waals surface area contributed by atoms with Crippen LogP contribution >= 0.6 is 0 Å². The molecule has 0 aliphatic carbocycles. The summed E-state index contributed by atoms with van der Waals surface area (Å²) in [7, 11) is 7.70. The molecule has 49 heavy (non-hydrogen) atoms. The van der Waals surface area contributed by atoms with Crippen molar-refractivity contribution in [2.75, 3.05) is 51.1 Å². The minimum Gasteiger partial charge on any atom is -0.507 e. The average molecular weight is 671 g/mol. The number of fused-ring (bicyclic) bond motifs is 2. The lowest BCUT2D eigenvalue weighted by atomic mass is 10.0. The maximum absolute atomic E-state index is 12.0. The number of phenols is 2. The molecule has 2 aliphatic rings. The second-order valence-electron chi connectivity index (χ2n) is 12.0. The molecule has 0 radical (unpaired) electrons. The number of hydrogen-bond donors (Lipinski definition) is 2. The number of amides is 2. The van der Waals surface area contributed by atoms with Crippen LogP contribution in [-0.4, -0.2) is 93.0 Å². The van der Waals surface area contributed by atoms with Gasteiger partial charge in [0.1, 0.15) is 23.1 Å². The molecule has 2 N–H and O–H groups in total. The van der Waals surface area contributed by atoms with E-state index in [0.29, 0.717) is 68.2 Å². The van der Waals surface area contributed by atoms with Crippen LogP contribution in [0.15, 0.2) is 48.5 Å². The third-order valence-corrected chi connectivity index (χ3v) is 8.31. The summed E-state index contributed by atoms with van der Waals surface area (Å²) in [5, 5.41) is 20.2. The molecule has 2 aliphatic heterocycles. The standard InChI is InChI=1S/C18H22N4O2.C17H20N4O2.2CH4/c1-4-16(24)22-10-9-14-13(11-22)18(21(2)3)20-17(19-14)12-7-5-6-8-15(12)23;1-11(22)21-9-8-14-13(10-21)17(20(2)3)19-16(18-14)12-6-4-5-7-15(12)23;;/h5-8,23H,4,9-11H2,1-3H3;4-7,23H,8-10H2,1-3H3;2*1H4. The highest BCUT2D eigenvalue weighted by atomic mass is 16.3. The van der Waals surface area contributed by atoms with Crippen molar-refractivity contribution in [1.82, 2.24) is 29.7 Å². The molecule has 0 atom stereocenters. The minimum absolute atomic E-state index is 0. The van der Waals surface area contributed by atoms with E-state index in [1.807, 2.05) is 68.0 Å². The molecule has 0 bridgehead atoms. The van der Waals surface area contributed by atoms with Gasteiger partial charge in [0.15, 0.2) is 11.6 Å². The van der Waals surface area contributed by atoms with E-state index in [1.165, 1.54) is 0 Å². The minimum atomic E-state index is 0. The van der Waals surface area contributed by atoms with Gasteiger partial charge in [-0.2, -0.15) is 0 Å². The number of para-hydroxylation sites is 2. The third-order valence-electron chi connectivity index (χ3n) is 8.31. The number of hydrogen-bond acceptors (Lipinski definition) is 10. The second kappa shape index (κ2) is 16.2. The van der Waals surface area contributed by atoms with Gasteiger partial charge in [0.05, 0.1) is 35.6 Å². The molecule has 0 saturated heterocycles. The molecule has 4 aromatic rings. The van der Waals surface area contributed by atoms with Crippen molar-refractivity contribution in [3.05, 3.63) is 71.0 Å². The first-order chi connectivity index (χ1) is 22.5. The van der Waals surface area contributed by atoms with Crippen LogP contribution in [0.2, 0.25) is 0 Å². The van der Waals surface area contributed by atoms with Crippen LogP contribution in [0.1, 0.15) is 57.6 Å². The maximum Gasteiger partial charge on any atom is 0.222 e. The molecular weight excluding hydrogens is 620 g/mol. The lowest BCUT2D eigenvalue weighted by molar-refractivity contribution is -0.132. The van der Waals surface area contributed by atoms with Crippen molar-refractivity contribution < 1.29 is 19.8 Å². The van der Waals surface area contributed by atoms with Gasteiger partial charge in [-0.1, -0.05) is 46.0 Å². The Balaban J connectivity index is 0.000000255. The van der Waals surface area contributed by atoms with E-state index in [2.05, 4.69) is 19.9 Å². The Morgan fingerprint density at radius 1 is 0.694 bits per heavy atom. The quantitative estimate of drug-likeness (QED) is 0.288. The van der Waals surface area contributed by atoms with Crippen LogP contribution in [-0.2, 0) is 35.5 Å². The van der Waals surface area contributed by atoms with Gasteiger partial charge in [-0.25, -0.2) is 19.9 Å². The number of carbonyl (C=O) groups excluding carboxylic acids is 2. The van der Waals surface area contributed by atoms with Crippen LogP contribution in [0.25, 0.3) is 22.8 Å². The van der Waals surface area contributed by atoms with Gasteiger partial charge in [0, 0.05) is 78.6 Å². The summed E-state index contributed by atoms with van der Waals surface area (Å²) < 4.78 is 0. The zero-order valence-corrected chi connectivity index (χ0v) is 27.9. The smallest absolute Gasteiger partial charge is 0.222 e. The first-order valence-corrected chi connectivity index (χ1v) is 15.7. The van der Waals surface area contributed by atoms with Crippen LogP contribution in [0, 0.1) is 0 Å². The Morgan fingerprint density at radius 2 is 1.10 bits per heavy atom. The molecule has 0 saturated carbocycles. The van der Waals surface area contributed by atoms with E-state index >= 15 is 0 Å². The summed E-state index contributed by atoms with van der Waals surface area (Å²) in [6.07, 6.45) is 1.90. The molecule has 12 nitrogen and oxygen atoms in total. The van der Waals surface area contributed by atoms with Gasteiger partial charge in [0.2, 0.25) is 11.8 Å². The Bertz CT molecular complexity index is 1790. The number of phenolic OH excluding ortho intramolecular Hbond substituents is 2. The summed E-state index contributed by atoms with van der Waals surface area (Å²) in [5.74, 6) is 3.16. The summed E-state index contributed by atoms with van der Waals surface area (Å²) >= 11 is 0. The number of anilines is 2. The van der Waals surface area contributed by atoms with Crippen LogP contribution in [0.5, 0.6) is 11.5 Å². The Morgan fingerprint density at radius 3 is 1.49 bits per heavy atom. The highest BCUT2D eigenvalue weighted by Gasteiger charge is 2.27. The maximum atomic E-state index is 12.0. The van der Waals surface area contributed by atoms with E-state index < -0.39 is 0 Å². The molecule has 6 rings (SSSR count). The fourth-order valence-corrected chi connectivity index (χ4v) is 5.80. The van der Waals surface area contributed by atoms with Crippen LogP contribution < -0.4 is 9.80 Å². The van der Waals surface area contributed by atoms with E-state index in [0.717, 1.165) is 34.2 Å². The fraction of sp³-hybridized carbons (Fsp3) is 0.405. The first-order valence-electron chi connectivity index (χ1n) is 15.7. The molecule has 0 fully saturated rings. The topological polar surface area (TPSA) is 139 Å².